The number of sulfone groups is 1. The summed E-state index contributed by atoms with van der Waals surface area (Å²) in [6.45, 7) is 3.96. The van der Waals surface area contributed by atoms with Crippen molar-refractivity contribution in [2.24, 2.45) is 7.05 Å². The summed E-state index contributed by atoms with van der Waals surface area (Å²) in [6.07, 6.45) is 2.92. The van der Waals surface area contributed by atoms with E-state index in [0.29, 0.717) is 5.02 Å². The molecule has 0 aliphatic carbocycles. The molecule has 0 saturated carbocycles. The van der Waals surface area contributed by atoms with Gasteiger partial charge in [-0.1, -0.05) is 35.9 Å². The number of pyridine rings is 1. The number of anilines is 1. The van der Waals surface area contributed by atoms with Crippen molar-refractivity contribution in [3.63, 3.8) is 0 Å². The molecule has 0 unspecified atom stereocenters. The Kier molecular flexibility index (Phi) is 5.64. The van der Waals surface area contributed by atoms with Crippen LogP contribution in [0, 0.1) is 0 Å². The van der Waals surface area contributed by atoms with Gasteiger partial charge < -0.3 is 14.8 Å². The van der Waals surface area contributed by atoms with E-state index in [9.17, 15) is 8.42 Å². The van der Waals surface area contributed by atoms with Crippen molar-refractivity contribution in [3.8, 4) is 22.4 Å². The zero-order valence-corrected chi connectivity index (χ0v) is 20.1. The summed E-state index contributed by atoms with van der Waals surface area (Å²) in [4.78, 5) is 7.26. The molecular formula is C25H25ClN4O2S. The molecule has 0 bridgehead atoms. The number of hydrogen-bond donors (Lipinski definition) is 1. The number of benzene rings is 2. The molecule has 1 N–H and O–H groups in total. The van der Waals surface area contributed by atoms with E-state index >= 15 is 0 Å². The maximum Gasteiger partial charge on any atom is 0.175 e. The third-order valence-corrected chi connectivity index (χ3v) is 7.66. The van der Waals surface area contributed by atoms with Gasteiger partial charge in [0.05, 0.1) is 15.6 Å². The van der Waals surface area contributed by atoms with Crippen molar-refractivity contribution in [2.45, 2.75) is 4.90 Å². The minimum absolute atomic E-state index is 0.289. The molecule has 0 spiro atoms. The van der Waals surface area contributed by atoms with Crippen LogP contribution in [-0.2, 0) is 16.9 Å². The normalized spacial score (nSPS) is 14.7. The molecule has 0 atom stereocenters. The first-order chi connectivity index (χ1) is 15.8. The quantitative estimate of drug-likeness (QED) is 0.469. The van der Waals surface area contributed by atoms with Gasteiger partial charge in [-0.05, 0) is 41.5 Å². The first-order valence-corrected chi connectivity index (χ1v) is 13.1. The number of piperazine rings is 1. The molecule has 4 aromatic rings. The summed E-state index contributed by atoms with van der Waals surface area (Å²) < 4.78 is 26.0. The molecule has 3 heterocycles. The van der Waals surface area contributed by atoms with Gasteiger partial charge >= 0.3 is 0 Å². The molecule has 1 aliphatic heterocycles. The topological polar surface area (TPSA) is 67.2 Å². The number of aryl methyl sites for hydroxylation is 1. The Morgan fingerprint density at radius 2 is 1.58 bits per heavy atom. The molecule has 1 aliphatic rings. The Balaban J connectivity index is 1.68. The molecule has 1 fully saturated rings. The van der Waals surface area contributed by atoms with Crippen LogP contribution in [0.15, 0.2) is 65.7 Å². The second kappa shape index (κ2) is 8.48. The summed E-state index contributed by atoms with van der Waals surface area (Å²) in [5.41, 5.74) is 5.86. The second-order valence-corrected chi connectivity index (χ2v) is 10.8. The molecule has 6 nitrogen and oxygen atoms in total. The van der Waals surface area contributed by atoms with Crippen molar-refractivity contribution < 1.29 is 8.42 Å². The van der Waals surface area contributed by atoms with Gasteiger partial charge in [0.15, 0.2) is 9.84 Å². The molecular weight excluding hydrogens is 456 g/mol. The lowest BCUT2D eigenvalue weighted by atomic mass is 9.98. The van der Waals surface area contributed by atoms with Crippen molar-refractivity contribution in [3.05, 3.63) is 65.8 Å². The summed E-state index contributed by atoms with van der Waals surface area (Å²) in [5.74, 6) is 0. The van der Waals surface area contributed by atoms with Gasteiger partial charge in [-0.2, -0.15) is 0 Å². The Morgan fingerprint density at radius 3 is 2.21 bits per heavy atom. The third kappa shape index (κ3) is 4.01. The highest BCUT2D eigenvalue weighted by Crippen LogP contribution is 2.43. The van der Waals surface area contributed by atoms with Gasteiger partial charge in [-0.15, -0.1) is 0 Å². The van der Waals surface area contributed by atoms with Crippen LogP contribution in [0.5, 0.6) is 0 Å². The fourth-order valence-corrected chi connectivity index (χ4v) is 5.41. The lowest BCUT2D eigenvalue weighted by Gasteiger charge is -2.29. The van der Waals surface area contributed by atoms with E-state index in [0.717, 1.165) is 59.6 Å². The van der Waals surface area contributed by atoms with Gasteiger partial charge in [0.1, 0.15) is 5.65 Å². The largest absolute Gasteiger partial charge is 0.369 e. The molecule has 8 heteroatoms. The summed E-state index contributed by atoms with van der Waals surface area (Å²) in [7, 11) is -1.29. The Hall–Kier alpha value is -2.87. The van der Waals surface area contributed by atoms with E-state index in [1.165, 1.54) is 11.9 Å². The molecule has 0 radical (unpaired) electrons. The summed E-state index contributed by atoms with van der Waals surface area (Å²) in [5, 5.41) is 4.85. The first-order valence-electron chi connectivity index (χ1n) is 10.8. The third-order valence-electron chi connectivity index (χ3n) is 6.21. The van der Waals surface area contributed by atoms with Gasteiger partial charge in [0, 0.05) is 62.3 Å². The standard InChI is InChI=1S/C25H25ClN4O2S/c1-29-24(18-3-7-19(8-4-18)30-15-13-27-14-16-30)22(23-21(26)11-12-28-25(23)29)17-5-9-20(10-6-17)33(2,31)32/h3-12,27H,13-16H2,1-2H3. The maximum absolute atomic E-state index is 12.0. The van der Waals surface area contributed by atoms with Gasteiger partial charge in [-0.25, -0.2) is 13.4 Å². The summed E-state index contributed by atoms with van der Waals surface area (Å²) in [6, 6.07) is 17.3. The van der Waals surface area contributed by atoms with Crippen LogP contribution in [-0.4, -0.2) is 50.4 Å². The molecule has 33 heavy (non-hydrogen) atoms. The van der Waals surface area contributed by atoms with E-state index in [4.69, 9.17) is 11.6 Å². The van der Waals surface area contributed by atoms with E-state index in [-0.39, 0.29) is 4.90 Å². The van der Waals surface area contributed by atoms with E-state index in [1.54, 1.807) is 24.4 Å². The van der Waals surface area contributed by atoms with E-state index < -0.39 is 9.84 Å². The lowest BCUT2D eigenvalue weighted by Crippen LogP contribution is -2.43. The maximum atomic E-state index is 12.0. The van der Waals surface area contributed by atoms with Crippen molar-refractivity contribution >= 4 is 38.2 Å². The highest BCUT2D eigenvalue weighted by molar-refractivity contribution is 7.90. The van der Waals surface area contributed by atoms with E-state index in [2.05, 4.69) is 44.0 Å². The van der Waals surface area contributed by atoms with Gasteiger partial charge in [0.2, 0.25) is 0 Å². The SMILES string of the molecule is Cn1c(-c2ccc(N3CCNCC3)cc2)c(-c2ccc(S(C)(=O)=O)cc2)c2c(Cl)ccnc21. The average Bonchev–Trinajstić information content (AvgIpc) is 3.13. The molecule has 5 rings (SSSR count). The fraction of sp³-hybridized carbons (Fsp3) is 0.240. The molecule has 170 valence electrons. The zero-order valence-electron chi connectivity index (χ0n) is 18.5. The smallest absolute Gasteiger partial charge is 0.175 e. The number of fused-ring (bicyclic) bond motifs is 1. The van der Waals surface area contributed by atoms with Gasteiger partial charge in [0.25, 0.3) is 0 Å². The van der Waals surface area contributed by atoms with E-state index in [1.807, 2.05) is 19.2 Å². The average molecular weight is 481 g/mol. The van der Waals surface area contributed by atoms with Crippen LogP contribution < -0.4 is 10.2 Å². The zero-order chi connectivity index (χ0) is 23.2. The minimum Gasteiger partial charge on any atom is -0.369 e. The number of nitrogens with one attached hydrogen (secondary N) is 1. The molecule has 2 aromatic carbocycles. The number of nitrogens with zero attached hydrogens (tertiary/aromatic N) is 3. The first kappa shape index (κ1) is 21.9. The molecule has 0 amide bonds. The Bertz CT molecular complexity index is 1420. The van der Waals surface area contributed by atoms with Gasteiger partial charge in [-0.3, -0.25) is 0 Å². The van der Waals surface area contributed by atoms with Crippen LogP contribution in [0.4, 0.5) is 5.69 Å². The van der Waals surface area contributed by atoms with Crippen molar-refractivity contribution in [2.75, 3.05) is 37.3 Å². The Labute approximate surface area is 198 Å². The van der Waals surface area contributed by atoms with Crippen molar-refractivity contribution in [1.29, 1.82) is 0 Å². The van der Waals surface area contributed by atoms with Crippen LogP contribution in [0.2, 0.25) is 5.02 Å². The lowest BCUT2D eigenvalue weighted by molar-refractivity contribution is 0.589. The number of rotatable bonds is 4. The van der Waals surface area contributed by atoms with Crippen LogP contribution in [0.25, 0.3) is 33.4 Å². The minimum atomic E-state index is -3.28. The van der Waals surface area contributed by atoms with Crippen LogP contribution >= 0.6 is 11.6 Å². The predicted molar refractivity (Wildman–Crippen MR) is 135 cm³/mol. The highest BCUT2D eigenvalue weighted by atomic mass is 35.5. The number of aromatic nitrogens is 2. The van der Waals surface area contributed by atoms with Crippen LogP contribution in [0.3, 0.4) is 0 Å². The molecule has 2 aromatic heterocycles. The summed E-state index contributed by atoms with van der Waals surface area (Å²) >= 11 is 6.65. The van der Waals surface area contributed by atoms with Crippen LogP contribution in [0.1, 0.15) is 0 Å². The monoisotopic (exact) mass is 480 g/mol. The fourth-order valence-electron chi connectivity index (χ4n) is 4.55. The van der Waals surface area contributed by atoms with Crippen molar-refractivity contribution in [1.82, 2.24) is 14.9 Å². The molecule has 1 saturated heterocycles. The predicted octanol–water partition coefficient (Wildman–Crippen LogP) is 4.37. The number of hydrogen-bond acceptors (Lipinski definition) is 5. The highest BCUT2D eigenvalue weighted by Gasteiger charge is 2.22. The Morgan fingerprint density at radius 1 is 0.939 bits per heavy atom. The second-order valence-electron chi connectivity index (χ2n) is 8.35. The number of halogens is 1.